The van der Waals surface area contributed by atoms with Crippen molar-refractivity contribution in [3.8, 4) is 0 Å². The van der Waals surface area contributed by atoms with E-state index in [-0.39, 0.29) is 19.1 Å². The number of nitrogens with one attached hydrogen (secondary N) is 2. The van der Waals surface area contributed by atoms with Gasteiger partial charge in [0.05, 0.1) is 18.8 Å². The van der Waals surface area contributed by atoms with Gasteiger partial charge in [-0.05, 0) is 13.3 Å². The first-order chi connectivity index (χ1) is 22.7. The van der Waals surface area contributed by atoms with Gasteiger partial charge >= 0.3 is 5.97 Å². The summed E-state index contributed by atoms with van der Waals surface area (Å²) in [6.45, 7) is 4.73. The van der Waals surface area contributed by atoms with Gasteiger partial charge < -0.3 is 45.0 Å². The molecule has 7 atom stereocenters. The summed E-state index contributed by atoms with van der Waals surface area (Å²) in [5.74, 6) is -0.780. The van der Waals surface area contributed by atoms with E-state index in [4.69, 9.17) is 14.2 Å². The average Bonchev–Trinajstić information content (AvgIpc) is 3.05. The third-order valence-corrected chi connectivity index (χ3v) is 8.87. The lowest BCUT2D eigenvalue weighted by atomic mass is 9.96. The van der Waals surface area contributed by atoms with Crippen molar-refractivity contribution < 1.29 is 43.9 Å². The van der Waals surface area contributed by atoms with Crippen molar-refractivity contribution in [2.45, 2.75) is 192 Å². The van der Waals surface area contributed by atoms with Gasteiger partial charge in [0.25, 0.3) is 0 Å². The molecule has 276 valence electrons. The largest absolute Gasteiger partial charge is 0.464 e. The van der Waals surface area contributed by atoms with Crippen LogP contribution in [0.2, 0.25) is 0 Å². The van der Waals surface area contributed by atoms with Crippen molar-refractivity contribution >= 4 is 18.2 Å². The van der Waals surface area contributed by atoms with Gasteiger partial charge in [0.1, 0.15) is 37.2 Å². The molecule has 0 spiro atoms. The monoisotopic (exact) mass is 672 g/mol. The van der Waals surface area contributed by atoms with E-state index < -0.39 is 55.3 Å². The summed E-state index contributed by atoms with van der Waals surface area (Å²) in [6.07, 6.45) is 20.1. The number of aldehydes is 1. The number of hydrogen-bond acceptors (Lipinski definition) is 10. The number of ether oxygens (including phenoxy) is 3. The quantitative estimate of drug-likeness (QED) is 0.0405. The maximum absolute atomic E-state index is 12.2. The second-order valence-electron chi connectivity index (χ2n) is 13.3. The molecule has 1 rings (SSSR count). The lowest BCUT2D eigenvalue weighted by molar-refractivity contribution is -0.267. The molecular formula is C36H68N2O9. The lowest BCUT2D eigenvalue weighted by Gasteiger charge is -2.43. The van der Waals surface area contributed by atoms with E-state index in [1.165, 1.54) is 110 Å². The number of esters is 1. The average molecular weight is 673 g/mol. The Kier molecular flexibility index (Phi) is 26.1. The van der Waals surface area contributed by atoms with Crippen LogP contribution in [-0.2, 0) is 28.6 Å². The van der Waals surface area contributed by atoms with E-state index in [2.05, 4.69) is 17.6 Å². The van der Waals surface area contributed by atoms with Crippen molar-refractivity contribution in [3.05, 3.63) is 0 Å². The fourth-order valence-electron chi connectivity index (χ4n) is 6.02. The normalized spacial score (nSPS) is 22.5. The Morgan fingerprint density at radius 3 is 1.77 bits per heavy atom. The first kappa shape index (κ1) is 43.4. The van der Waals surface area contributed by atoms with Crippen molar-refractivity contribution in [2.75, 3.05) is 19.8 Å². The van der Waals surface area contributed by atoms with Crippen LogP contribution in [0.3, 0.4) is 0 Å². The van der Waals surface area contributed by atoms with Crippen molar-refractivity contribution in [1.82, 2.24) is 10.6 Å². The zero-order valence-electron chi connectivity index (χ0n) is 29.7. The number of rotatable bonds is 30. The Morgan fingerprint density at radius 1 is 0.830 bits per heavy atom. The lowest BCUT2D eigenvalue weighted by Crippen LogP contribution is -2.65. The first-order valence-electron chi connectivity index (χ1n) is 18.6. The van der Waals surface area contributed by atoms with Gasteiger partial charge in [0.2, 0.25) is 5.91 Å². The Bertz CT molecular complexity index is 802. The minimum absolute atomic E-state index is 0.103. The molecule has 1 aliphatic rings. The fraction of sp³-hybridized carbons (Fsp3) is 0.917. The highest BCUT2D eigenvalue weighted by atomic mass is 16.6. The van der Waals surface area contributed by atoms with Crippen LogP contribution < -0.4 is 10.6 Å². The molecule has 1 saturated heterocycles. The van der Waals surface area contributed by atoms with Crippen LogP contribution in [0, 0.1) is 0 Å². The van der Waals surface area contributed by atoms with E-state index in [0.717, 1.165) is 19.3 Å². The number of carbonyl (C=O) groups excluding carboxylic acids is 3. The second-order valence-corrected chi connectivity index (χ2v) is 13.3. The molecule has 0 aromatic heterocycles. The molecule has 1 aliphatic heterocycles. The molecule has 1 unspecified atom stereocenters. The molecule has 5 N–H and O–H groups in total. The van der Waals surface area contributed by atoms with Crippen molar-refractivity contribution in [1.29, 1.82) is 0 Å². The molecule has 11 heteroatoms. The van der Waals surface area contributed by atoms with Crippen molar-refractivity contribution in [3.63, 3.8) is 0 Å². The van der Waals surface area contributed by atoms with Gasteiger partial charge in [-0.2, -0.15) is 0 Å². The Labute approximate surface area is 284 Å². The van der Waals surface area contributed by atoms with E-state index >= 15 is 0 Å². The molecule has 0 aromatic carbocycles. The summed E-state index contributed by atoms with van der Waals surface area (Å²) in [7, 11) is 0. The molecule has 0 aromatic rings. The zero-order valence-corrected chi connectivity index (χ0v) is 29.7. The highest BCUT2D eigenvalue weighted by molar-refractivity contribution is 5.73. The summed E-state index contributed by atoms with van der Waals surface area (Å²) in [5, 5.41) is 35.8. The number of amides is 1. The molecule has 1 fully saturated rings. The molecule has 0 saturated carbocycles. The number of aliphatic hydroxyl groups is 3. The van der Waals surface area contributed by atoms with Crippen LogP contribution in [0.4, 0.5) is 0 Å². The van der Waals surface area contributed by atoms with Gasteiger partial charge in [-0.3, -0.25) is 9.59 Å². The summed E-state index contributed by atoms with van der Waals surface area (Å²) in [6, 6.07) is -1.80. The summed E-state index contributed by atoms with van der Waals surface area (Å²) in [5.41, 5.74) is 0. The molecule has 1 heterocycles. The summed E-state index contributed by atoms with van der Waals surface area (Å²) in [4.78, 5) is 35.3. The maximum Gasteiger partial charge on any atom is 0.305 e. The molecule has 1 amide bonds. The molecular weight excluding hydrogens is 604 g/mol. The Morgan fingerprint density at radius 2 is 1.32 bits per heavy atom. The van der Waals surface area contributed by atoms with Crippen LogP contribution in [0.25, 0.3) is 0 Å². The standard InChI is InChI=1S/C36H68N2O9/c1-4-5-6-7-8-9-10-11-12-13-14-15-16-17-18-19-20-21-22-23-32(42)45-27-30(25-39)37-24-28(2)46-35-33(38-29(3)41)36(44)47-31(26-40)34(35)43/h25,28,30-31,33-37,40,43-44H,4-24,26-27H2,1-3H3,(H,38,41)/t28?,30-,31-,33-,34-,35-,36+/m1/s1. The zero-order chi connectivity index (χ0) is 34.7. The third kappa shape index (κ3) is 21.1. The molecule has 0 bridgehead atoms. The SMILES string of the molecule is CCCCCCCCCCCCCCCCCCCCCC(=O)OC[C@@H](C=O)NCC(C)O[C@H]1[C@H](O)[C@@H](CO)O[C@H](O)[C@@H]1NC(C)=O. The van der Waals surface area contributed by atoms with Crippen LogP contribution in [0.15, 0.2) is 0 Å². The van der Waals surface area contributed by atoms with E-state index in [0.29, 0.717) is 12.7 Å². The van der Waals surface area contributed by atoms with E-state index in [1.807, 2.05) is 0 Å². The molecule has 11 nitrogen and oxygen atoms in total. The van der Waals surface area contributed by atoms with Crippen LogP contribution in [0.1, 0.15) is 149 Å². The number of aliphatic hydroxyl groups excluding tert-OH is 3. The van der Waals surface area contributed by atoms with Crippen LogP contribution in [-0.4, -0.2) is 96.0 Å². The number of hydrogen-bond donors (Lipinski definition) is 5. The summed E-state index contributed by atoms with van der Waals surface area (Å²) < 4.78 is 16.4. The van der Waals surface area contributed by atoms with E-state index in [9.17, 15) is 29.7 Å². The third-order valence-electron chi connectivity index (χ3n) is 8.87. The predicted molar refractivity (Wildman–Crippen MR) is 183 cm³/mol. The Balaban J connectivity index is 2.07. The second kappa shape index (κ2) is 28.2. The van der Waals surface area contributed by atoms with Gasteiger partial charge in [-0.15, -0.1) is 0 Å². The minimum Gasteiger partial charge on any atom is -0.464 e. The maximum atomic E-state index is 12.2. The highest BCUT2D eigenvalue weighted by Crippen LogP contribution is 2.24. The fourth-order valence-corrected chi connectivity index (χ4v) is 6.02. The van der Waals surface area contributed by atoms with Gasteiger partial charge in [0.15, 0.2) is 6.29 Å². The van der Waals surface area contributed by atoms with Crippen molar-refractivity contribution in [2.24, 2.45) is 0 Å². The number of carbonyl (C=O) groups is 3. The predicted octanol–water partition coefficient (Wildman–Crippen LogP) is 4.86. The Hall–Kier alpha value is -1.63. The van der Waals surface area contributed by atoms with Gasteiger partial charge in [-0.1, -0.05) is 122 Å². The highest BCUT2D eigenvalue weighted by Gasteiger charge is 2.46. The minimum atomic E-state index is -1.49. The summed E-state index contributed by atoms with van der Waals surface area (Å²) >= 11 is 0. The van der Waals surface area contributed by atoms with Gasteiger partial charge in [0, 0.05) is 19.9 Å². The van der Waals surface area contributed by atoms with Crippen LogP contribution in [0.5, 0.6) is 0 Å². The molecule has 0 aliphatic carbocycles. The van der Waals surface area contributed by atoms with Gasteiger partial charge in [-0.25, -0.2) is 0 Å². The smallest absolute Gasteiger partial charge is 0.305 e. The van der Waals surface area contributed by atoms with E-state index in [1.54, 1.807) is 6.92 Å². The molecule has 47 heavy (non-hydrogen) atoms. The molecule has 0 radical (unpaired) electrons. The number of unbranched alkanes of at least 4 members (excludes halogenated alkanes) is 18. The topological polar surface area (TPSA) is 164 Å². The first-order valence-corrected chi connectivity index (χ1v) is 18.6. The van der Waals surface area contributed by atoms with Crippen LogP contribution >= 0.6 is 0 Å².